The summed E-state index contributed by atoms with van der Waals surface area (Å²) in [6, 6.07) is 0. The van der Waals surface area contributed by atoms with Gasteiger partial charge in [-0.15, -0.1) is 0 Å². The lowest BCUT2D eigenvalue weighted by Crippen LogP contribution is -2.34. The van der Waals surface area contributed by atoms with Crippen molar-refractivity contribution in [1.29, 1.82) is 0 Å². The van der Waals surface area contributed by atoms with E-state index in [0.717, 1.165) is 0 Å². The zero-order valence-corrected chi connectivity index (χ0v) is 21.0. The molecule has 1 rings (SSSR count). The first kappa shape index (κ1) is 29.6. The molecule has 0 spiro atoms. The third kappa shape index (κ3) is 11.0. The van der Waals surface area contributed by atoms with Crippen LogP contribution in [0.25, 0.3) is 0 Å². The summed E-state index contributed by atoms with van der Waals surface area (Å²) in [4.78, 5) is 17.1. The summed E-state index contributed by atoms with van der Waals surface area (Å²) < 4.78 is 72.5. The third-order valence-corrected chi connectivity index (χ3v) is 6.84. The number of carbonyl (C=O) groups excluding carboxylic acids is 1. The average molecular weight is 500 g/mol. The van der Waals surface area contributed by atoms with Crippen LogP contribution in [0.15, 0.2) is 4.52 Å². The standard InChI is InChI=1S/C21H36F3N2O6P/c1-6-29-33(28,30-7-2)16(19(27)31-20(3,4)5)14-18-25-17(26-32-18)12-10-8-9-11-13-21(23,24)15-22/h16H,6-15H2,1-5H3. The van der Waals surface area contributed by atoms with Crippen molar-refractivity contribution in [1.82, 2.24) is 10.1 Å². The van der Waals surface area contributed by atoms with Gasteiger partial charge < -0.3 is 18.3 Å². The lowest BCUT2D eigenvalue weighted by molar-refractivity contribution is -0.154. The molecule has 0 amide bonds. The van der Waals surface area contributed by atoms with E-state index < -0.39 is 43.8 Å². The maximum absolute atomic E-state index is 13.3. The topological polar surface area (TPSA) is 101 Å². The first-order valence-electron chi connectivity index (χ1n) is 11.2. The predicted octanol–water partition coefficient (Wildman–Crippen LogP) is 5.69. The van der Waals surface area contributed by atoms with Gasteiger partial charge in [0.05, 0.1) is 19.6 Å². The average Bonchev–Trinajstić information content (AvgIpc) is 3.15. The van der Waals surface area contributed by atoms with Crippen LogP contribution in [0, 0.1) is 0 Å². The molecule has 1 aromatic rings. The highest BCUT2D eigenvalue weighted by Gasteiger charge is 2.44. The number of ether oxygens (including phenoxy) is 1. The third-order valence-electron chi connectivity index (χ3n) is 4.45. The molecule has 0 aliphatic heterocycles. The number of unbranched alkanes of at least 4 members (excludes halogenated alkanes) is 3. The van der Waals surface area contributed by atoms with Gasteiger partial charge in [0.25, 0.3) is 5.92 Å². The van der Waals surface area contributed by atoms with Crippen molar-refractivity contribution in [3.05, 3.63) is 11.7 Å². The molecular weight excluding hydrogens is 464 g/mol. The van der Waals surface area contributed by atoms with Crippen LogP contribution < -0.4 is 0 Å². The van der Waals surface area contributed by atoms with Crippen LogP contribution in [-0.2, 0) is 36.0 Å². The summed E-state index contributed by atoms with van der Waals surface area (Å²) in [5, 5.41) is 3.87. The van der Waals surface area contributed by atoms with Crippen molar-refractivity contribution in [3.63, 3.8) is 0 Å². The van der Waals surface area contributed by atoms with Gasteiger partial charge in [-0.3, -0.25) is 9.36 Å². The summed E-state index contributed by atoms with van der Waals surface area (Å²) in [7, 11) is -3.87. The van der Waals surface area contributed by atoms with E-state index in [1.807, 2.05) is 0 Å². The molecule has 0 aliphatic carbocycles. The zero-order valence-electron chi connectivity index (χ0n) is 20.1. The van der Waals surface area contributed by atoms with Gasteiger partial charge in [0.1, 0.15) is 5.60 Å². The molecule has 0 N–H and O–H groups in total. The number of hydrogen-bond acceptors (Lipinski definition) is 8. The molecule has 0 aliphatic rings. The minimum absolute atomic E-state index is 0.0723. The van der Waals surface area contributed by atoms with Gasteiger partial charge in [-0.2, -0.15) is 4.98 Å². The van der Waals surface area contributed by atoms with E-state index >= 15 is 0 Å². The summed E-state index contributed by atoms with van der Waals surface area (Å²) in [5.74, 6) is -3.54. The smallest absolute Gasteiger partial charge is 0.345 e. The van der Waals surface area contributed by atoms with E-state index in [1.54, 1.807) is 34.6 Å². The highest BCUT2D eigenvalue weighted by Crippen LogP contribution is 2.54. The Hall–Kier alpha value is -1.45. The highest BCUT2D eigenvalue weighted by atomic mass is 31.2. The van der Waals surface area contributed by atoms with E-state index in [-0.39, 0.29) is 31.9 Å². The Kier molecular flexibility index (Phi) is 12.0. The van der Waals surface area contributed by atoms with Gasteiger partial charge in [-0.05, 0) is 47.5 Å². The van der Waals surface area contributed by atoms with Crippen molar-refractivity contribution in [2.45, 2.75) is 96.7 Å². The van der Waals surface area contributed by atoms with Gasteiger partial charge in [-0.25, -0.2) is 13.2 Å². The second kappa shape index (κ2) is 13.4. The van der Waals surface area contributed by atoms with Gasteiger partial charge in [0.15, 0.2) is 18.2 Å². The van der Waals surface area contributed by atoms with Crippen molar-refractivity contribution in [2.75, 3.05) is 19.9 Å². The van der Waals surface area contributed by atoms with Crippen LogP contribution >= 0.6 is 7.60 Å². The van der Waals surface area contributed by atoms with E-state index in [1.165, 1.54) is 0 Å². The molecule has 0 saturated carbocycles. The molecule has 1 atom stereocenters. The van der Waals surface area contributed by atoms with Crippen molar-refractivity contribution in [3.8, 4) is 0 Å². The molecule has 0 fully saturated rings. The largest absolute Gasteiger partial charge is 0.459 e. The molecule has 0 bridgehead atoms. The van der Waals surface area contributed by atoms with Gasteiger partial charge in [-0.1, -0.05) is 18.0 Å². The minimum Gasteiger partial charge on any atom is -0.459 e. The molecule has 1 heterocycles. The molecule has 12 heteroatoms. The number of carbonyl (C=O) groups is 1. The number of rotatable bonds is 16. The Bertz CT molecular complexity index is 759. The molecule has 192 valence electrons. The Balaban J connectivity index is 2.75. The zero-order chi connectivity index (χ0) is 25.1. The number of aryl methyl sites for hydroxylation is 1. The Morgan fingerprint density at radius 3 is 2.24 bits per heavy atom. The van der Waals surface area contributed by atoms with Crippen LogP contribution in [0.2, 0.25) is 0 Å². The number of alkyl halides is 3. The fourth-order valence-electron chi connectivity index (χ4n) is 3.00. The minimum atomic E-state index is -3.87. The van der Waals surface area contributed by atoms with Gasteiger partial charge in [0.2, 0.25) is 5.89 Å². The predicted molar refractivity (Wildman–Crippen MR) is 116 cm³/mol. The van der Waals surface area contributed by atoms with Crippen molar-refractivity contribution >= 4 is 13.6 Å². The van der Waals surface area contributed by atoms with Crippen LogP contribution in [0.5, 0.6) is 0 Å². The summed E-state index contributed by atoms with van der Waals surface area (Å²) >= 11 is 0. The van der Waals surface area contributed by atoms with Gasteiger partial charge in [0, 0.05) is 12.8 Å². The van der Waals surface area contributed by atoms with Crippen LogP contribution in [0.4, 0.5) is 13.2 Å². The van der Waals surface area contributed by atoms with Crippen LogP contribution in [-0.4, -0.2) is 53.2 Å². The normalized spacial score (nSPS) is 13.8. The SMILES string of the molecule is CCOP(=O)(OCC)C(Cc1nc(CCCCCCC(F)(F)CF)no1)C(=O)OC(C)(C)C. The number of aromatic nitrogens is 2. The quantitative estimate of drug-likeness (QED) is 0.162. The molecule has 1 unspecified atom stereocenters. The van der Waals surface area contributed by atoms with Gasteiger partial charge >= 0.3 is 13.6 Å². The Labute approximate surface area is 193 Å². The maximum Gasteiger partial charge on any atom is 0.345 e. The lowest BCUT2D eigenvalue weighted by atomic mass is 10.1. The van der Waals surface area contributed by atoms with Crippen molar-refractivity contribution in [2.24, 2.45) is 0 Å². The molecule has 0 saturated heterocycles. The Morgan fingerprint density at radius 1 is 1.09 bits per heavy atom. The molecule has 33 heavy (non-hydrogen) atoms. The van der Waals surface area contributed by atoms with E-state index in [9.17, 15) is 22.5 Å². The Morgan fingerprint density at radius 2 is 1.70 bits per heavy atom. The number of nitrogens with zero attached hydrogens (tertiary/aromatic N) is 2. The monoisotopic (exact) mass is 500 g/mol. The number of esters is 1. The van der Waals surface area contributed by atoms with E-state index in [2.05, 4.69) is 10.1 Å². The van der Waals surface area contributed by atoms with Crippen LogP contribution in [0.1, 0.15) is 78.4 Å². The van der Waals surface area contributed by atoms with E-state index in [4.69, 9.17) is 18.3 Å². The fourth-order valence-corrected chi connectivity index (χ4v) is 4.84. The molecule has 1 aromatic heterocycles. The molecule has 0 aromatic carbocycles. The summed E-state index contributed by atoms with van der Waals surface area (Å²) in [6.07, 6.45) is 1.83. The maximum atomic E-state index is 13.3. The first-order valence-corrected chi connectivity index (χ1v) is 12.8. The molecule has 8 nitrogen and oxygen atoms in total. The van der Waals surface area contributed by atoms with E-state index in [0.29, 0.717) is 31.5 Å². The molecular formula is C21H36F3N2O6P. The molecule has 0 radical (unpaired) electrons. The first-order chi connectivity index (χ1) is 15.4. The second-order valence-electron chi connectivity index (χ2n) is 8.64. The number of halogens is 3. The highest BCUT2D eigenvalue weighted by molar-refractivity contribution is 7.55. The lowest BCUT2D eigenvalue weighted by Gasteiger charge is -2.27. The number of hydrogen-bond donors (Lipinski definition) is 0. The van der Waals surface area contributed by atoms with Crippen molar-refractivity contribution < 1.29 is 40.8 Å². The fraction of sp³-hybridized carbons (Fsp3) is 0.857. The van der Waals surface area contributed by atoms with Crippen LogP contribution in [0.3, 0.4) is 0 Å². The summed E-state index contributed by atoms with van der Waals surface area (Å²) in [5.41, 5.74) is -2.09. The summed E-state index contributed by atoms with van der Waals surface area (Å²) in [6.45, 7) is 6.87. The second-order valence-corrected chi connectivity index (χ2v) is 10.9.